The Hall–Kier alpha value is -3.65. The zero-order valence-electron chi connectivity index (χ0n) is 27.6. The van der Waals surface area contributed by atoms with Gasteiger partial charge in [0.25, 0.3) is 0 Å². The maximum absolute atomic E-state index is 14.1. The van der Waals surface area contributed by atoms with Gasteiger partial charge in [-0.15, -0.1) is 0 Å². The second kappa shape index (κ2) is 13.2. The molecule has 3 heterocycles. The van der Waals surface area contributed by atoms with Crippen molar-refractivity contribution < 1.29 is 14.3 Å². The SMILES string of the molecule is CC(=O)N1c2ccc(-c3cnn(C4CC4)c3)cc2N(C(=O)Oc2ccc3c(c2)C2(CCCCCCCCCCC2)CNC3)C[C@@H]1C. The molecule has 8 heteroatoms. The third kappa shape index (κ3) is 6.33. The van der Waals surface area contributed by atoms with Gasteiger partial charge >= 0.3 is 6.09 Å². The predicted molar refractivity (Wildman–Crippen MR) is 183 cm³/mol. The molecule has 1 atom stereocenters. The number of aromatic nitrogens is 2. The Morgan fingerprint density at radius 3 is 2.30 bits per heavy atom. The molecule has 1 N–H and O–H groups in total. The Bertz CT molecular complexity index is 1560. The summed E-state index contributed by atoms with van der Waals surface area (Å²) >= 11 is 0. The van der Waals surface area contributed by atoms with Crippen molar-refractivity contribution in [3.63, 3.8) is 0 Å². The third-order valence-electron chi connectivity index (χ3n) is 10.8. The number of nitrogens with one attached hydrogen (secondary N) is 1. The fourth-order valence-electron chi connectivity index (χ4n) is 8.17. The number of carbonyl (C=O) groups is 2. The predicted octanol–water partition coefficient (Wildman–Crippen LogP) is 8.29. The van der Waals surface area contributed by atoms with E-state index in [0.29, 0.717) is 24.0 Å². The van der Waals surface area contributed by atoms with E-state index in [-0.39, 0.29) is 17.4 Å². The van der Waals surface area contributed by atoms with Crippen molar-refractivity contribution in [2.75, 3.05) is 22.9 Å². The van der Waals surface area contributed by atoms with Gasteiger partial charge in [0.05, 0.1) is 29.7 Å². The number of nitrogens with zero attached hydrogens (tertiary/aromatic N) is 4. The van der Waals surface area contributed by atoms with E-state index in [1.54, 1.807) is 16.7 Å². The molecule has 2 amide bonds. The standard InChI is InChI=1S/C38H49N5O3/c1-27-24-41(36-20-29(13-17-35(36)43(27)28(2)44)31-23-40-42(25-31)32-14-15-32)37(45)46-33-16-12-30-22-39-26-38(34(30)21-33)18-10-8-6-4-3-5-7-9-11-19-38/h12-13,16-17,20-21,23,25,27,32,39H,3-11,14-15,18-19,22,24,26H2,1-2H3/t27-/m0/s1. The number of amides is 2. The second-order valence-electron chi connectivity index (χ2n) is 14.2. The highest BCUT2D eigenvalue weighted by atomic mass is 16.6. The fraction of sp³-hybridized carbons (Fsp3) is 0.553. The van der Waals surface area contributed by atoms with Gasteiger partial charge < -0.3 is 15.0 Å². The maximum atomic E-state index is 14.1. The highest BCUT2D eigenvalue weighted by Crippen LogP contribution is 2.43. The summed E-state index contributed by atoms with van der Waals surface area (Å²) in [6.45, 7) is 5.76. The Morgan fingerprint density at radius 2 is 1.61 bits per heavy atom. The molecule has 244 valence electrons. The highest BCUT2D eigenvalue weighted by Gasteiger charge is 2.38. The van der Waals surface area contributed by atoms with Gasteiger partial charge in [0.1, 0.15) is 5.75 Å². The van der Waals surface area contributed by atoms with Crippen LogP contribution < -0.4 is 19.9 Å². The average molecular weight is 624 g/mol. The molecule has 4 aliphatic rings. The summed E-state index contributed by atoms with van der Waals surface area (Å²) in [6, 6.07) is 12.6. The third-order valence-corrected chi connectivity index (χ3v) is 10.8. The number of benzene rings is 2. The van der Waals surface area contributed by atoms with Crippen LogP contribution in [0.3, 0.4) is 0 Å². The Balaban J connectivity index is 1.17. The van der Waals surface area contributed by atoms with Gasteiger partial charge in [0.15, 0.2) is 0 Å². The van der Waals surface area contributed by atoms with Crippen LogP contribution >= 0.6 is 0 Å². The van der Waals surface area contributed by atoms with Crippen LogP contribution in [0.1, 0.15) is 114 Å². The summed E-state index contributed by atoms with van der Waals surface area (Å²) in [5.74, 6) is 0.558. The number of rotatable bonds is 3. The molecular formula is C38H49N5O3. The van der Waals surface area contributed by atoms with Gasteiger partial charge in [-0.25, -0.2) is 4.79 Å². The van der Waals surface area contributed by atoms with E-state index in [9.17, 15) is 9.59 Å². The molecule has 0 bridgehead atoms. The summed E-state index contributed by atoms with van der Waals surface area (Å²) in [4.78, 5) is 30.3. The van der Waals surface area contributed by atoms with E-state index in [4.69, 9.17) is 4.74 Å². The highest BCUT2D eigenvalue weighted by molar-refractivity contribution is 6.03. The van der Waals surface area contributed by atoms with Crippen LogP contribution in [0.25, 0.3) is 11.1 Å². The van der Waals surface area contributed by atoms with E-state index < -0.39 is 6.09 Å². The number of hydrogen-bond acceptors (Lipinski definition) is 5. The van der Waals surface area contributed by atoms with Crippen LogP contribution in [-0.2, 0) is 16.8 Å². The minimum atomic E-state index is -0.413. The minimum absolute atomic E-state index is 0.0401. The summed E-state index contributed by atoms with van der Waals surface area (Å²) in [6.07, 6.45) is 20.0. The van der Waals surface area contributed by atoms with Crippen molar-refractivity contribution in [1.82, 2.24) is 15.1 Å². The second-order valence-corrected chi connectivity index (χ2v) is 14.2. The molecule has 7 rings (SSSR count). The molecule has 2 fully saturated rings. The molecule has 2 aromatic carbocycles. The van der Waals surface area contributed by atoms with Crippen molar-refractivity contribution >= 4 is 23.4 Å². The van der Waals surface area contributed by atoms with E-state index in [1.165, 1.54) is 81.8 Å². The monoisotopic (exact) mass is 623 g/mol. The molecular weight excluding hydrogens is 574 g/mol. The van der Waals surface area contributed by atoms with Gasteiger partial charge in [-0.3, -0.25) is 14.4 Å². The normalized spacial score (nSPS) is 21.9. The van der Waals surface area contributed by atoms with Crippen molar-refractivity contribution in [2.24, 2.45) is 0 Å². The van der Waals surface area contributed by atoms with E-state index in [2.05, 4.69) is 28.7 Å². The van der Waals surface area contributed by atoms with E-state index >= 15 is 0 Å². The minimum Gasteiger partial charge on any atom is -0.410 e. The fourth-order valence-corrected chi connectivity index (χ4v) is 8.17. The van der Waals surface area contributed by atoms with Crippen molar-refractivity contribution in [2.45, 2.75) is 121 Å². The number of carbonyl (C=O) groups excluding carboxylic acids is 2. The van der Waals surface area contributed by atoms with Crippen LogP contribution in [-0.4, -0.2) is 40.9 Å². The zero-order valence-corrected chi connectivity index (χ0v) is 27.6. The smallest absolute Gasteiger partial charge is 0.410 e. The van der Waals surface area contributed by atoms with Gasteiger partial charge in [-0.05, 0) is 73.6 Å². The topological polar surface area (TPSA) is 79.7 Å². The zero-order chi connectivity index (χ0) is 31.7. The summed E-state index contributed by atoms with van der Waals surface area (Å²) in [5, 5.41) is 8.31. The summed E-state index contributed by atoms with van der Waals surface area (Å²) < 4.78 is 8.26. The quantitative estimate of drug-likeness (QED) is 0.318. The first-order chi connectivity index (χ1) is 22.4. The molecule has 2 saturated carbocycles. The lowest BCUT2D eigenvalue weighted by Crippen LogP contribution is -2.52. The van der Waals surface area contributed by atoms with Crippen LogP contribution in [0, 0.1) is 0 Å². The van der Waals surface area contributed by atoms with Crippen LogP contribution in [0.15, 0.2) is 48.8 Å². The van der Waals surface area contributed by atoms with E-state index in [0.717, 1.165) is 42.7 Å². The molecule has 1 aromatic heterocycles. The molecule has 2 aliphatic carbocycles. The van der Waals surface area contributed by atoms with Crippen molar-refractivity contribution in [3.05, 3.63) is 59.9 Å². The Labute approximate surface area is 273 Å². The molecule has 3 aromatic rings. The molecule has 0 unspecified atom stereocenters. The number of fused-ring (bicyclic) bond motifs is 3. The van der Waals surface area contributed by atoms with Crippen molar-refractivity contribution in [1.29, 1.82) is 0 Å². The summed E-state index contributed by atoms with van der Waals surface area (Å²) in [5.41, 5.74) is 6.14. The Morgan fingerprint density at radius 1 is 0.891 bits per heavy atom. The summed E-state index contributed by atoms with van der Waals surface area (Å²) in [7, 11) is 0. The lowest BCUT2D eigenvalue weighted by molar-refractivity contribution is -0.117. The molecule has 1 spiro atoms. The largest absolute Gasteiger partial charge is 0.419 e. The van der Waals surface area contributed by atoms with Gasteiger partial charge in [0.2, 0.25) is 5.91 Å². The Kier molecular flexibility index (Phi) is 8.90. The number of hydrogen-bond donors (Lipinski definition) is 1. The van der Waals surface area contributed by atoms with Gasteiger partial charge in [-0.2, -0.15) is 5.10 Å². The maximum Gasteiger partial charge on any atom is 0.419 e. The lowest BCUT2D eigenvalue weighted by Gasteiger charge is -2.41. The molecule has 0 radical (unpaired) electrons. The first kappa shape index (κ1) is 31.0. The first-order valence-electron chi connectivity index (χ1n) is 17.7. The number of anilines is 2. The van der Waals surface area contributed by atoms with E-state index in [1.807, 2.05) is 42.1 Å². The van der Waals surface area contributed by atoms with Crippen LogP contribution in [0.5, 0.6) is 5.75 Å². The molecule has 0 saturated heterocycles. The molecule has 8 nitrogen and oxygen atoms in total. The molecule has 2 aliphatic heterocycles. The van der Waals surface area contributed by atoms with Crippen LogP contribution in [0.4, 0.5) is 16.2 Å². The van der Waals surface area contributed by atoms with Crippen LogP contribution in [0.2, 0.25) is 0 Å². The lowest BCUT2D eigenvalue weighted by atomic mass is 9.69. The molecule has 46 heavy (non-hydrogen) atoms. The average Bonchev–Trinajstić information content (AvgIpc) is 3.78. The number of ether oxygens (including phenoxy) is 1. The first-order valence-corrected chi connectivity index (χ1v) is 17.7. The van der Waals surface area contributed by atoms with Gasteiger partial charge in [0, 0.05) is 43.7 Å². The van der Waals surface area contributed by atoms with Gasteiger partial charge in [-0.1, -0.05) is 69.9 Å². The van der Waals surface area contributed by atoms with Crippen molar-refractivity contribution in [3.8, 4) is 16.9 Å².